The predicted molar refractivity (Wildman–Crippen MR) is 180 cm³/mol. The molecule has 0 spiro atoms. The summed E-state index contributed by atoms with van der Waals surface area (Å²) in [7, 11) is 0. The molecule has 9 aromatic rings. The van der Waals surface area contributed by atoms with Crippen LogP contribution in [0, 0.1) is 0 Å². The van der Waals surface area contributed by atoms with Gasteiger partial charge in [0.25, 0.3) is 0 Å². The minimum atomic E-state index is 0.679. The molecule has 0 fully saturated rings. The summed E-state index contributed by atoms with van der Waals surface area (Å²) in [5, 5.41) is 3.31. The Balaban J connectivity index is 1.40. The quantitative estimate of drug-likeness (QED) is 0.214. The summed E-state index contributed by atoms with van der Waals surface area (Å²) in [6, 6.07) is 52.6. The number of benzene rings is 6. The second kappa shape index (κ2) is 9.79. The van der Waals surface area contributed by atoms with Crippen LogP contribution >= 0.6 is 0 Å². The first-order valence-corrected chi connectivity index (χ1v) is 14.8. The van der Waals surface area contributed by atoms with Gasteiger partial charge in [-0.15, -0.1) is 0 Å². The summed E-state index contributed by atoms with van der Waals surface area (Å²) >= 11 is 0. The van der Waals surface area contributed by atoms with E-state index < -0.39 is 0 Å². The number of hydrogen-bond donors (Lipinski definition) is 0. The van der Waals surface area contributed by atoms with Crippen LogP contribution in [0.25, 0.3) is 83.3 Å². The number of nitrogens with zero attached hydrogens (tertiary/aromatic N) is 3. The van der Waals surface area contributed by atoms with Gasteiger partial charge in [0, 0.05) is 39.0 Å². The topological polar surface area (TPSA) is 43.9 Å². The number of rotatable bonds is 4. The summed E-state index contributed by atoms with van der Waals surface area (Å²) in [6.07, 6.45) is 0. The molecule has 6 aromatic carbocycles. The molecule has 206 valence electrons. The van der Waals surface area contributed by atoms with Crippen molar-refractivity contribution in [2.75, 3.05) is 0 Å². The van der Waals surface area contributed by atoms with E-state index in [2.05, 4.69) is 120 Å². The third-order valence-electron chi connectivity index (χ3n) is 8.40. The number of fused-ring (bicyclic) bond motifs is 6. The molecule has 9 rings (SSSR count). The summed E-state index contributed by atoms with van der Waals surface area (Å²) in [4.78, 5) is 10.2. The van der Waals surface area contributed by atoms with Crippen molar-refractivity contribution in [3.63, 3.8) is 0 Å². The highest BCUT2D eigenvalue weighted by Crippen LogP contribution is 2.41. The normalized spacial score (nSPS) is 11.6. The Bertz CT molecular complexity index is 2460. The Morgan fingerprint density at radius 3 is 1.77 bits per heavy atom. The van der Waals surface area contributed by atoms with Gasteiger partial charge in [-0.05, 0) is 41.5 Å². The van der Waals surface area contributed by atoms with Crippen molar-refractivity contribution in [2.45, 2.75) is 0 Å². The fourth-order valence-corrected chi connectivity index (χ4v) is 6.33. The maximum Gasteiger partial charge on any atom is 0.180 e. The maximum absolute atomic E-state index is 6.68. The van der Waals surface area contributed by atoms with E-state index in [-0.39, 0.29) is 0 Å². The van der Waals surface area contributed by atoms with Crippen LogP contribution in [0.15, 0.2) is 156 Å². The second-order valence-electron chi connectivity index (χ2n) is 11.0. The smallest absolute Gasteiger partial charge is 0.180 e. The van der Waals surface area contributed by atoms with Gasteiger partial charge in [-0.3, -0.25) is 0 Å². The molecule has 0 aliphatic carbocycles. The summed E-state index contributed by atoms with van der Waals surface area (Å²) in [5.41, 5.74) is 10.8. The van der Waals surface area contributed by atoms with Crippen molar-refractivity contribution in [2.24, 2.45) is 0 Å². The molecule has 3 heterocycles. The van der Waals surface area contributed by atoms with Crippen molar-refractivity contribution >= 4 is 43.9 Å². The molecule has 0 saturated heterocycles. The van der Waals surface area contributed by atoms with Gasteiger partial charge in [-0.2, -0.15) is 0 Å². The minimum Gasteiger partial charge on any atom is -0.452 e. The average Bonchev–Trinajstić information content (AvgIpc) is 3.62. The number of aromatic nitrogens is 3. The Labute approximate surface area is 253 Å². The van der Waals surface area contributed by atoms with Gasteiger partial charge in [-0.25, -0.2) is 9.97 Å². The van der Waals surface area contributed by atoms with E-state index in [1.165, 1.54) is 16.5 Å². The highest BCUT2D eigenvalue weighted by Gasteiger charge is 2.21. The van der Waals surface area contributed by atoms with Gasteiger partial charge >= 0.3 is 0 Å². The van der Waals surface area contributed by atoms with Crippen LogP contribution in [0.5, 0.6) is 0 Å². The lowest BCUT2D eigenvalue weighted by molar-refractivity contribution is 0.667. The summed E-state index contributed by atoms with van der Waals surface area (Å²) < 4.78 is 9.00. The van der Waals surface area contributed by atoms with Crippen molar-refractivity contribution in [1.29, 1.82) is 0 Å². The molecule has 44 heavy (non-hydrogen) atoms. The monoisotopic (exact) mass is 563 g/mol. The molecule has 0 amide bonds. The lowest BCUT2D eigenvalue weighted by Gasteiger charge is -2.08. The van der Waals surface area contributed by atoms with Crippen LogP contribution in [0.4, 0.5) is 0 Å². The molecular formula is C40H25N3O. The lowest BCUT2D eigenvalue weighted by atomic mass is 10.0. The van der Waals surface area contributed by atoms with E-state index in [4.69, 9.17) is 14.4 Å². The van der Waals surface area contributed by atoms with E-state index >= 15 is 0 Å². The zero-order valence-electron chi connectivity index (χ0n) is 23.7. The fraction of sp³-hybridized carbons (Fsp3) is 0. The largest absolute Gasteiger partial charge is 0.452 e. The van der Waals surface area contributed by atoms with Gasteiger partial charge in [0.2, 0.25) is 0 Å². The SMILES string of the molecule is c1ccc(-c2ccc3c(c2)c2cc4c(cc2n3-c2ccccc2)oc2c(-c3ccccc3)nc(-c3ccccc3)nc24)cc1. The van der Waals surface area contributed by atoms with Crippen LogP contribution in [0.2, 0.25) is 0 Å². The van der Waals surface area contributed by atoms with Crippen LogP contribution in [0.1, 0.15) is 0 Å². The summed E-state index contributed by atoms with van der Waals surface area (Å²) in [5.74, 6) is 0.679. The Kier molecular flexibility index (Phi) is 5.47. The van der Waals surface area contributed by atoms with Gasteiger partial charge in [0.15, 0.2) is 11.4 Å². The molecular weight excluding hydrogens is 538 g/mol. The maximum atomic E-state index is 6.68. The van der Waals surface area contributed by atoms with Crippen molar-refractivity contribution < 1.29 is 4.42 Å². The van der Waals surface area contributed by atoms with Gasteiger partial charge < -0.3 is 8.98 Å². The highest BCUT2D eigenvalue weighted by atomic mass is 16.3. The Morgan fingerprint density at radius 2 is 1.07 bits per heavy atom. The standard InChI is InChI=1S/C40H25N3O/c1-5-13-26(14-6-1)29-21-22-34-31(23-29)32-24-33-36(25-35(32)43(34)30-19-11-4-12-20-30)44-39-37(27-15-7-2-8-16-27)41-40(42-38(33)39)28-17-9-3-10-18-28/h1-25H. The van der Waals surface area contributed by atoms with E-state index in [0.717, 1.165) is 55.4 Å². The molecule has 0 saturated carbocycles. The fourth-order valence-electron chi connectivity index (χ4n) is 6.33. The predicted octanol–water partition coefficient (Wildman–Crippen LogP) is 10.5. The number of hydrogen-bond acceptors (Lipinski definition) is 3. The molecule has 0 atom stereocenters. The lowest BCUT2D eigenvalue weighted by Crippen LogP contribution is -1.93. The molecule has 0 N–H and O–H groups in total. The molecule has 4 heteroatoms. The van der Waals surface area contributed by atoms with Crippen molar-refractivity contribution in [1.82, 2.24) is 14.5 Å². The number of furan rings is 1. The van der Waals surface area contributed by atoms with Gasteiger partial charge in [0.05, 0.1) is 11.0 Å². The Hall–Kier alpha value is -6.00. The molecule has 3 aromatic heterocycles. The molecule has 4 nitrogen and oxygen atoms in total. The van der Waals surface area contributed by atoms with Gasteiger partial charge in [-0.1, -0.05) is 115 Å². The molecule has 0 unspecified atom stereocenters. The molecule has 0 aliphatic rings. The average molecular weight is 564 g/mol. The molecule has 0 radical (unpaired) electrons. The van der Waals surface area contributed by atoms with Gasteiger partial charge in [0.1, 0.15) is 16.8 Å². The van der Waals surface area contributed by atoms with Crippen LogP contribution in [-0.4, -0.2) is 14.5 Å². The second-order valence-corrected chi connectivity index (χ2v) is 11.0. The Morgan fingerprint density at radius 1 is 0.455 bits per heavy atom. The van der Waals surface area contributed by atoms with E-state index in [1.807, 2.05) is 36.4 Å². The first-order chi connectivity index (χ1) is 21.8. The molecule has 0 bridgehead atoms. The van der Waals surface area contributed by atoms with Crippen LogP contribution in [-0.2, 0) is 0 Å². The van der Waals surface area contributed by atoms with Crippen molar-refractivity contribution in [3.8, 4) is 39.5 Å². The minimum absolute atomic E-state index is 0.679. The molecule has 0 aliphatic heterocycles. The van der Waals surface area contributed by atoms with E-state index in [9.17, 15) is 0 Å². The number of para-hydroxylation sites is 1. The van der Waals surface area contributed by atoms with Crippen LogP contribution < -0.4 is 0 Å². The summed E-state index contributed by atoms with van der Waals surface area (Å²) in [6.45, 7) is 0. The first kappa shape index (κ1) is 24.6. The van der Waals surface area contributed by atoms with Crippen molar-refractivity contribution in [3.05, 3.63) is 152 Å². The third-order valence-corrected chi connectivity index (χ3v) is 8.40. The third kappa shape index (κ3) is 3.85. The van der Waals surface area contributed by atoms with E-state index in [0.29, 0.717) is 11.4 Å². The zero-order valence-corrected chi connectivity index (χ0v) is 23.7. The zero-order chi connectivity index (χ0) is 29.0. The highest BCUT2D eigenvalue weighted by molar-refractivity contribution is 6.18. The van der Waals surface area contributed by atoms with Crippen LogP contribution in [0.3, 0.4) is 0 Å². The van der Waals surface area contributed by atoms with E-state index in [1.54, 1.807) is 0 Å². The first-order valence-electron chi connectivity index (χ1n) is 14.8.